The van der Waals surface area contributed by atoms with Crippen molar-refractivity contribution in [2.75, 3.05) is 24.6 Å². The molecule has 2 saturated heterocycles. The van der Waals surface area contributed by atoms with Crippen LogP contribution in [0.3, 0.4) is 0 Å². The van der Waals surface area contributed by atoms with Crippen LogP contribution in [-0.4, -0.2) is 47.6 Å². The zero-order valence-electron chi connectivity index (χ0n) is 16.9. The minimum absolute atomic E-state index is 0.132. The maximum atomic E-state index is 14.2. The Bertz CT molecular complexity index is 1030. The van der Waals surface area contributed by atoms with E-state index in [1.807, 2.05) is 6.07 Å². The number of anilines is 1. The van der Waals surface area contributed by atoms with Crippen LogP contribution in [0.4, 0.5) is 14.6 Å². The molecule has 2 bridgehead atoms. The van der Waals surface area contributed by atoms with Gasteiger partial charge in [-0.25, -0.2) is 13.8 Å². The zero-order valence-corrected chi connectivity index (χ0v) is 16.9. The number of fused-ring (bicyclic) bond motifs is 2. The fourth-order valence-electron chi connectivity index (χ4n) is 4.84. The number of hydrogen-bond acceptors (Lipinski definition) is 5. The SMILES string of the molecule is N#Cc1ccc(N2C3CC[C@H]2CN(C(=O)COC2(c4cccc(F)c4F)CC2)C3)nc1. The first-order valence-corrected chi connectivity index (χ1v) is 10.5. The number of hydrogen-bond donors (Lipinski definition) is 0. The van der Waals surface area contributed by atoms with Crippen LogP contribution in [0.2, 0.25) is 0 Å². The molecule has 2 atom stereocenters. The van der Waals surface area contributed by atoms with Gasteiger partial charge in [-0.05, 0) is 43.9 Å². The molecule has 3 heterocycles. The molecule has 0 spiro atoms. The molecule has 5 rings (SSSR count). The highest BCUT2D eigenvalue weighted by molar-refractivity contribution is 5.78. The number of ether oxygens (including phenoxy) is 1. The highest BCUT2D eigenvalue weighted by atomic mass is 19.2. The van der Waals surface area contributed by atoms with Crippen LogP contribution in [0.15, 0.2) is 36.5 Å². The molecule has 0 N–H and O–H groups in total. The maximum Gasteiger partial charge on any atom is 0.248 e. The second kappa shape index (κ2) is 7.57. The Morgan fingerprint density at radius 3 is 2.55 bits per heavy atom. The molecule has 6 nitrogen and oxygen atoms in total. The third kappa shape index (κ3) is 3.53. The Hall–Kier alpha value is -3.05. The van der Waals surface area contributed by atoms with Crippen molar-refractivity contribution >= 4 is 11.7 Å². The first-order chi connectivity index (χ1) is 15.0. The summed E-state index contributed by atoms with van der Waals surface area (Å²) < 4.78 is 33.7. The lowest BCUT2D eigenvalue weighted by molar-refractivity contribution is -0.140. The van der Waals surface area contributed by atoms with Gasteiger partial charge in [0.25, 0.3) is 0 Å². The van der Waals surface area contributed by atoms with Crippen molar-refractivity contribution in [2.24, 2.45) is 0 Å². The fourth-order valence-corrected chi connectivity index (χ4v) is 4.84. The summed E-state index contributed by atoms with van der Waals surface area (Å²) >= 11 is 0. The van der Waals surface area contributed by atoms with E-state index in [9.17, 15) is 13.6 Å². The Morgan fingerprint density at radius 2 is 1.94 bits per heavy atom. The van der Waals surface area contributed by atoms with E-state index in [-0.39, 0.29) is 30.2 Å². The van der Waals surface area contributed by atoms with Gasteiger partial charge in [0.15, 0.2) is 11.6 Å². The molecule has 160 valence electrons. The van der Waals surface area contributed by atoms with Gasteiger partial charge in [-0.2, -0.15) is 5.26 Å². The molecule has 1 aromatic heterocycles. The molecule has 1 aliphatic carbocycles. The molecule has 3 fully saturated rings. The molecular weight excluding hydrogens is 402 g/mol. The molecule has 1 amide bonds. The number of nitriles is 1. The van der Waals surface area contributed by atoms with E-state index in [1.54, 1.807) is 17.2 Å². The summed E-state index contributed by atoms with van der Waals surface area (Å²) in [6.07, 6.45) is 4.65. The Kier molecular flexibility index (Phi) is 4.86. The van der Waals surface area contributed by atoms with E-state index in [0.717, 1.165) is 24.7 Å². The summed E-state index contributed by atoms with van der Waals surface area (Å²) in [7, 11) is 0. The average Bonchev–Trinajstić information content (AvgIpc) is 3.53. The third-order valence-electron chi connectivity index (χ3n) is 6.59. The Balaban J connectivity index is 1.23. The normalized spacial score (nSPS) is 23.5. The van der Waals surface area contributed by atoms with Gasteiger partial charge in [0.05, 0.1) is 11.2 Å². The van der Waals surface area contributed by atoms with Crippen LogP contribution in [0.1, 0.15) is 36.8 Å². The largest absolute Gasteiger partial charge is 0.360 e. The minimum Gasteiger partial charge on any atom is -0.360 e. The first-order valence-electron chi connectivity index (χ1n) is 10.5. The maximum absolute atomic E-state index is 14.2. The van der Waals surface area contributed by atoms with Crippen LogP contribution >= 0.6 is 0 Å². The topological polar surface area (TPSA) is 69.5 Å². The number of benzene rings is 1. The van der Waals surface area contributed by atoms with E-state index in [0.29, 0.717) is 31.5 Å². The molecule has 0 radical (unpaired) electrons. The quantitative estimate of drug-likeness (QED) is 0.738. The number of nitrogens with zero attached hydrogens (tertiary/aromatic N) is 4. The van der Waals surface area contributed by atoms with Crippen LogP contribution in [0.25, 0.3) is 0 Å². The summed E-state index contributed by atoms with van der Waals surface area (Å²) in [5, 5.41) is 8.97. The summed E-state index contributed by atoms with van der Waals surface area (Å²) in [4.78, 5) is 21.3. The van der Waals surface area contributed by atoms with Gasteiger partial charge >= 0.3 is 0 Å². The van der Waals surface area contributed by atoms with Crippen LogP contribution < -0.4 is 4.90 Å². The Labute approximate surface area is 179 Å². The number of likely N-dealkylation sites (tertiary alicyclic amines) is 1. The predicted octanol–water partition coefficient (Wildman–Crippen LogP) is 3.12. The fraction of sp³-hybridized carbons (Fsp3) is 0.435. The van der Waals surface area contributed by atoms with Crippen molar-refractivity contribution in [3.8, 4) is 6.07 Å². The van der Waals surface area contributed by atoms with Gasteiger partial charge in [0, 0.05) is 36.9 Å². The number of halogens is 2. The second-order valence-corrected chi connectivity index (χ2v) is 8.49. The molecule has 1 saturated carbocycles. The molecule has 2 aliphatic heterocycles. The first kappa shape index (κ1) is 19.9. The average molecular weight is 424 g/mol. The van der Waals surface area contributed by atoms with E-state index in [4.69, 9.17) is 10.00 Å². The predicted molar refractivity (Wildman–Crippen MR) is 108 cm³/mol. The number of amides is 1. The zero-order chi connectivity index (χ0) is 21.6. The second-order valence-electron chi connectivity index (χ2n) is 8.49. The van der Waals surface area contributed by atoms with Crippen molar-refractivity contribution < 1.29 is 18.3 Å². The van der Waals surface area contributed by atoms with Gasteiger partial charge in [0.1, 0.15) is 18.5 Å². The third-order valence-corrected chi connectivity index (χ3v) is 6.59. The smallest absolute Gasteiger partial charge is 0.248 e. The van der Waals surface area contributed by atoms with Crippen molar-refractivity contribution in [3.05, 3.63) is 59.3 Å². The van der Waals surface area contributed by atoms with Gasteiger partial charge in [0.2, 0.25) is 5.91 Å². The highest BCUT2D eigenvalue weighted by Gasteiger charge is 2.49. The molecule has 8 heteroatoms. The van der Waals surface area contributed by atoms with E-state index in [1.165, 1.54) is 12.1 Å². The summed E-state index contributed by atoms with van der Waals surface area (Å²) in [5.41, 5.74) is -0.183. The molecular formula is C23H22F2N4O2. The van der Waals surface area contributed by atoms with Crippen LogP contribution in [0, 0.1) is 23.0 Å². The number of carbonyl (C=O) groups is 1. The lowest BCUT2D eigenvalue weighted by Crippen LogP contribution is -2.56. The number of rotatable bonds is 5. The molecule has 1 unspecified atom stereocenters. The van der Waals surface area contributed by atoms with Gasteiger partial charge < -0.3 is 14.5 Å². The van der Waals surface area contributed by atoms with Crippen LogP contribution in [0.5, 0.6) is 0 Å². The monoisotopic (exact) mass is 424 g/mol. The number of pyridine rings is 1. The van der Waals surface area contributed by atoms with Crippen LogP contribution in [-0.2, 0) is 15.1 Å². The summed E-state index contributed by atoms with van der Waals surface area (Å²) in [6.45, 7) is 0.994. The van der Waals surface area contributed by atoms with E-state index < -0.39 is 17.2 Å². The number of aromatic nitrogens is 1. The molecule has 3 aliphatic rings. The van der Waals surface area contributed by atoms with E-state index in [2.05, 4.69) is 16.0 Å². The number of carbonyl (C=O) groups excluding carboxylic acids is 1. The van der Waals surface area contributed by atoms with Crippen molar-refractivity contribution in [2.45, 2.75) is 43.4 Å². The molecule has 1 aromatic carbocycles. The van der Waals surface area contributed by atoms with Gasteiger partial charge in [-0.1, -0.05) is 12.1 Å². The lowest BCUT2D eigenvalue weighted by Gasteiger charge is -2.41. The standard InChI is InChI=1S/C23H22F2N4O2/c24-19-3-1-2-18(22(19)25)23(8-9-23)31-14-21(30)28-12-16-5-6-17(13-28)29(16)20-7-4-15(10-26)11-27-20/h1-4,7,11,16-17H,5-6,8-9,12-14H2/t16-,17?/m0/s1. The Morgan fingerprint density at radius 1 is 1.19 bits per heavy atom. The molecule has 31 heavy (non-hydrogen) atoms. The van der Waals surface area contributed by atoms with Crippen molar-refractivity contribution in [3.63, 3.8) is 0 Å². The van der Waals surface area contributed by atoms with Gasteiger partial charge in [-0.3, -0.25) is 4.79 Å². The summed E-state index contributed by atoms with van der Waals surface area (Å²) in [6, 6.07) is 10.1. The van der Waals surface area contributed by atoms with Crippen molar-refractivity contribution in [1.82, 2.24) is 9.88 Å². The molecule has 2 aromatic rings. The highest BCUT2D eigenvalue weighted by Crippen LogP contribution is 2.50. The number of piperazine rings is 1. The lowest BCUT2D eigenvalue weighted by atomic mass is 10.1. The van der Waals surface area contributed by atoms with Gasteiger partial charge in [-0.15, -0.1) is 0 Å². The summed E-state index contributed by atoms with van der Waals surface area (Å²) in [5.74, 6) is -1.10. The van der Waals surface area contributed by atoms with Crippen molar-refractivity contribution in [1.29, 1.82) is 5.26 Å². The minimum atomic E-state index is -0.900. The van der Waals surface area contributed by atoms with E-state index >= 15 is 0 Å².